The maximum Gasteiger partial charge on any atom is 0.263 e. The highest BCUT2D eigenvalue weighted by molar-refractivity contribution is 7.12. The molecule has 1 unspecified atom stereocenters. The first-order valence-corrected chi connectivity index (χ1v) is 7.11. The Balaban J connectivity index is 1.96. The minimum Gasteiger partial charge on any atom is -0.348 e. The minimum absolute atomic E-state index is 0.0459. The zero-order chi connectivity index (χ0) is 13.1. The second-order valence-corrected chi connectivity index (χ2v) is 5.73. The Labute approximate surface area is 115 Å². The van der Waals surface area contributed by atoms with Gasteiger partial charge in [-0.3, -0.25) is 9.59 Å². The number of hydrogen-bond donors (Lipinski definition) is 1. The quantitative estimate of drug-likeness (QED) is 0.905. The Morgan fingerprint density at radius 2 is 2.33 bits per heavy atom. The molecule has 0 aromatic carbocycles. The third-order valence-electron chi connectivity index (χ3n) is 3.10. The molecule has 6 heteroatoms. The van der Waals surface area contributed by atoms with Crippen LogP contribution in [0.5, 0.6) is 0 Å². The maximum absolute atomic E-state index is 12.0. The molecule has 2 amide bonds. The molecule has 4 nitrogen and oxygen atoms in total. The molecule has 1 fully saturated rings. The first kappa shape index (κ1) is 13.4. The van der Waals surface area contributed by atoms with Gasteiger partial charge >= 0.3 is 0 Å². The van der Waals surface area contributed by atoms with Crippen molar-refractivity contribution in [3.63, 3.8) is 0 Å². The van der Waals surface area contributed by atoms with Gasteiger partial charge < -0.3 is 10.2 Å². The normalized spacial score (nSPS) is 20.7. The second kappa shape index (κ2) is 5.71. The van der Waals surface area contributed by atoms with Crippen LogP contribution in [0.2, 0.25) is 5.02 Å². The highest BCUT2D eigenvalue weighted by Gasteiger charge is 2.22. The fourth-order valence-electron chi connectivity index (χ4n) is 1.96. The van der Waals surface area contributed by atoms with Gasteiger partial charge in [-0.1, -0.05) is 11.6 Å². The topological polar surface area (TPSA) is 49.4 Å². The number of thiophene rings is 1. The van der Waals surface area contributed by atoms with Crippen LogP contribution in [0.15, 0.2) is 11.4 Å². The van der Waals surface area contributed by atoms with Crippen molar-refractivity contribution >= 4 is 34.8 Å². The van der Waals surface area contributed by atoms with Crippen LogP contribution in [0, 0.1) is 0 Å². The van der Waals surface area contributed by atoms with Crippen molar-refractivity contribution in [1.82, 2.24) is 10.2 Å². The number of rotatable bonds is 2. The van der Waals surface area contributed by atoms with E-state index in [4.69, 9.17) is 11.6 Å². The van der Waals surface area contributed by atoms with Gasteiger partial charge in [0.15, 0.2) is 0 Å². The average Bonchev–Trinajstić information content (AvgIpc) is 2.71. The van der Waals surface area contributed by atoms with E-state index >= 15 is 0 Å². The molecule has 1 aliphatic rings. The van der Waals surface area contributed by atoms with Crippen molar-refractivity contribution in [2.24, 2.45) is 0 Å². The van der Waals surface area contributed by atoms with Crippen LogP contribution in [0.25, 0.3) is 0 Å². The predicted molar refractivity (Wildman–Crippen MR) is 72.1 cm³/mol. The van der Waals surface area contributed by atoms with E-state index in [1.54, 1.807) is 23.4 Å². The van der Waals surface area contributed by atoms with Gasteiger partial charge in [-0.25, -0.2) is 0 Å². The van der Waals surface area contributed by atoms with E-state index < -0.39 is 0 Å². The minimum atomic E-state index is -0.142. The molecule has 0 aliphatic carbocycles. The lowest BCUT2D eigenvalue weighted by Gasteiger charge is -2.16. The van der Waals surface area contributed by atoms with Gasteiger partial charge in [-0.2, -0.15) is 0 Å². The monoisotopic (exact) mass is 286 g/mol. The maximum atomic E-state index is 12.0. The summed E-state index contributed by atoms with van der Waals surface area (Å²) in [5.74, 6) is -0.00194. The fraction of sp³-hybridized carbons (Fsp3) is 0.500. The van der Waals surface area contributed by atoms with E-state index in [9.17, 15) is 9.59 Å². The highest BCUT2D eigenvalue weighted by Crippen LogP contribution is 2.22. The van der Waals surface area contributed by atoms with Gasteiger partial charge in [0.2, 0.25) is 5.91 Å². The highest BCUT2D eigenvalue weighted by atomic mass is 35.5. The van der Waals surface area contributed by atoms with Crippen molar-refractivity contribution in [2.75, 3.05) is 13.6 Å². The van der Waals surface area contributed by atoms with Crippen molar-refractivity contribution in [1.29, 1.82) is 0 Å². The zero-order valence-corrected chi connectivity index (χ0v) is 11.7. The van der Waals surface area contributed by atoms with Gasteiger partial charge in [-0.15, -0.1) is 11.3 Å². The molecule has 98 valence electrons. The number of amides is 2. The van der Waals surface area contributed by atoms with Crippen molar-refractivity contribution in [2.45, 2.75) is 25.3 Å². The number of likely N-dealkylation sites (tertiary alicyclic amines) is 1. The summed E-state index contributed by atoms with van der Waals surface area (Å²) in [4.78, 5) is 25.8. The van der Waals surface area contributed by atoms with Crippen molar-refractivity contribution in [3.05, 3.63) is 21.3 Å². The standard InChI is InChI=1S/C12H15ClN2O2S/c1-15-6-4-8(2-3-10(15)16)14-12(17)11-9(13)5-7-18-11/h5,7-8H,2-4,6H2,1H3,(H,14,17). The molecule has 2 rings (SSSR count). The molecule has 1 aromatic rings. The number of hydrogen-bond acceptors (Lipinski definition) is 3. The molecule has 18 heavy (non-hydrogen) atoms. The summed E-state index contributed by atoms with van der Waals surface area (Å²) in [6, 6.07) is 1.76. The molecule has 0 bridgehead atoms. The summed E-state index contributed by atoms with van der Waals surface area (Å²) in [5, 5.41) is 5.23. The Kier molecular flexibility index (Phi) is 4.24. The van der Waals surface area contributed by atoms with Crippen LogP contribution in [0.4, 0.5) is 0 Å². The Hall–Kier alpha value is -1.07. The molecule has 2 heterocycles. The van der Waals surface area contributed by atoms with Gasteiger partial charge in [-0.05, 0) is 24.3 Å². The average molecular weight is 287 g/mol. The van der Waals surface area contributed by atoms with Crippen LogP contribution in [-0.4, -0.2) is 36.3 Å². The number of nitrogens with one attached hydrogen (secondary N) is 1. The van der Waals surface area contributed by atoms with Crippen LogP contribution < -0.4 is 5.32 Å². The molecule has 1 aromatic heterocycles. The van der Waals surface area contributed by atoms with Gasteiger partial charge in [0.25, 0.3) is 5.91 Å². The van der Waals surface area contributed by atoms with Crippen LogP contribution in [-0.2, 0) is 4.79 Å². The van der Waals surface area contributed by atoms with E-state index in [0.717, 1.165) is 6.42 Å². The number of nitrogens with zero attached hydrogens (tertiary/aromatic N) is 1. The van der Waals surface area contributed by atoms with Crippen molar-refractivity contribution in [3.8, 4) is 0 Å². The molecular weight excluding hydrogens is 272 g/mol. The largest absolute Gasteiger partial charge is 0.348 e. The van der Waals surface area contributed by atoms with E-state index in [0.29, 0.717) is 29.3 Å². The van der Waals surface area contributed by atoms with Gasteiger partial charge in [0, 0.05) is 26.1 Å². The summed E-state index contributed by atoms with van der Waals surface area (Å²) >= 11 is 7.25. The first-order valence-electron chi connectivity index (χ1n) is 5.85. The first-order chi connectivity index (χ1) is 8.58. The Bertz CT molecular complexity index is 461. The van der Waals surface area contributed by atoms with E-state index in [1.165, 1.54) is 11.3 Å². The number of carbonyl (C=O) groups is 2. The summed E-state index contributed by atoms with van der Waals surface area (Å²) in [5.41, 5.74) is 0. The molecule has 0 spiro atoms. The van der Waals surface area contributed by atoms with Crippen molar-refractivity contribution < 1.29 is 9.59 Å². The SMILES string of the molecule is CN1CCC(NC(=O)c2sccc2Cl)CCC1=O. The summed E-state index contributed by atoms with van der Waals surface area (Å²) in [6.45, 7) is 0.682. The molecule has 0 saturated carbocycles. The lowest BCUT2D eigenvalue weighted by molar-refractivity contribution is -0.129. The third-order valence-corrected chi connectivity index (χ3v) is 4.44. The number of halogens is 1. The van der Waals surface area contributed by atoms with E-state index in [1.807, 2.05) is 0 Å². The molecule has 1 saturated heterocycles. The molecule has 1 atom stereocenters. The van der Waals surface area contributed by atoms with Crippen LogP contribution in [0.3, 0.4) is 0 Å². The Morgan fingerprint density at radius 1 is 1.56 bits per heavy atom. The van der Waals surface area contributed by atoms with Gasteiger partial charge in [0.05, 0.1) is 5.02 Å². The lowest BCUT2D eigenvalue weighted by Crippen LogP contribution is -2.35. The van der Waals surface area contributed by atoms with E-state index in [2.05, 4.69) is 5.32 Å². The molecular formula is C12H15ClN2O2S. The summed E-state index contributed by atoms with van der Waals surface area (Å²) < 4.78 is 0. The lowest BCUT2D eigenvalue weighted by atomic mass is 10.1. The summed E-state index contributed by atoms with van der Waals surface area (Å²) in [6.07, 6.45) is 1.97. The van der Waals surface area contributed by atoms with Crippen LogP contribution in [0.1, 0.15) is 28.9 Å². The third kappa shape index (κ3) is 3.03. The smallest absolute Gasteiger partial charge is 0.263 e. The fourth-order valence-corrected chi connectivity index (χ4v) is 3.00. The number of carbonyl (C=O) groups excluding carboxylic acids is 2. The Morgan fingerprint density at radius 3 is 3.00 bits per heavy atom. The van der Waals surface area contributed by atoms with Crippen LogP contribution >= 0.6 is 22.9 Å². The summed E-state index contributed by atoms with van der Waals surface area (Å²) in [7, 11) is 1.79. The van der Waals surface area contributed by atoms with Gasteiger partial charge in [0.1, 0.15) is 4.88 Å². The van der Waals surface area contributed by atoms with E-state index in [-0.39, 0.29) is 17.9 Å². The zero-order valence-electron chi connectivity index (χ0n) is 10.1. The molecule has 1 N–H and O–H groups in total. The molecule has 0 radical (unpaired) electrons. The molecule has 1 aliphatic heterocycles. The second-order valence-electron chi connectivity index (χ2n) is 4.41. The predicted octanol–water partition coefficient (Wildman–Crippen LogP) is 2.14.